The summed E-state index contributed by atoms with van der Waals surface area (Å²) in [7, 11) is 3.28. The van der Waals surface area contributed by atoms with Crippen molar-refractivity contribution in [2.45, 2.75) is 19.0 Å². The van der Waals surface area contributed by atoms with Gasteiger partial charge in [0.15, 0.2) is 0 Å². The number of nitrogens with zero attached hydrogens (tertiary/aromatic N) is 2. The molecule has 0 saturated heterocycles. The van der Waals surface area contributed by atoms with Gasteiger partial charge in [0.2, 0.25) is 5.91 Å². The van der Waals surface area contributed by atoms with Gasteiger partial charge < -0.3 is 15.4 Å². The monoisotopic (exact) mass is 293 g/mol. The Bertz CT molecular complexity index is 566. The van der Waals surface area contributed by atoms with Crippen molar-refractivity contribution < 1.29 is 9.53 Å². The number of benzene rings is 1. The van der Waals surface area contributed by atoms with Crippen LogP contribution in [0.15, 0.2) is 24.3 Å². The molecule has 1 amide bonds. The quantitative estimate of drug-likeness (QED) is 0.912. The molecule has 2 unspecified atom stereocenters. The van der Waals surface area contributed by atoms with E-state index < -0.39 is 6.04 Å². The van der Waals surface area contributed by atoms with Crippen LogP contribution in [0.1, 0.15) is 18.0 Å². The number of fused-ring (bicyclic) bond motifs is 1. The summed E-state index contributed by atoms with van der Waals surface area (Å²) in [5.41, 5.74) is 6.75. The van der Waals surface area contributed by atoms with Crippen LogP contribution in [0, 0.1) is 0 Å². The van der Waals surface area contributed by atoms with Crippen molar-refractivity contribution in [1.82, 2.24) is 9.88 Å². The third-order valence-corrected chi connectivity index (χ3v) is 4.47. The number of amides is 1. The van der Waals surface area contributed by atoms with Gasteiger partial charge in [-0.15, -0.1) is 11.3 Å². The molecule has 0 spiro atoms. The normalized spacial score (nSPS) is 14.2. The lowest BCUT2D eigenvalue weighted by Crippen LogP contribution is -2.45. The molecule has 1 heterocycles. The van der Waals surface area contributed by atoms with Crippen LogP contribution >= 0.6 is 11.3 Å². The van der Waals surface area contributed by atoms with E-state index in [0.29, 0.717) is 0 Å². The van der Waals surface area contributed by atoms with E-state index in [-0.39, 0.29) is 18.6 Å². The first-order chi connectivity index (χ1) is 9.54. The Hall–Kier alpha value is -1.50. The molecule has 1 aromatic carbocycles. The topological polar surface area (TPSA) is 68.5 Å². The smallest absolute Gasteiger partial charge is 0.242 e. The molecular formula is C14H19N3O2S. The van der Waals surface area contributed by atoms with Crippen LogP contribution in [0.5, 0.6) is 0 Å². The third kappa shape index (κ3) is 2.98. The molecule has 0 radical (unpaired) electrons. The van der Waals surface area contributed by atoms with Crippen LogP contribution in [0.2, 0.25) is 0 Å². The summed E-state index contributed by atoms with van der Waals surface area (Å²) >= 11 is 1.60. The highest BCUT2D eigenvalue weighted by Crippen LogP contribution is 2.28. The number of thiazole rings is 1. The van der Waals surface area contributed by atoms with E-state index in [1.807, 2.05) is 31.2 Å². The maximum Gasteiger partial charge on any atom is 0.242 e. The summed E-state index contributed by atoms with van der Waals surface area (Å²) in [6, 6.07) is 7.20. The van der Waals surface area contributed by atoms with Crippen molar-refractivity contribution in [2.75, 3.05) is 20.8 Å². The third-order valence-electron chi connectivity index (χ3n) is 3.26. The fourth-order valence-electron chi connectivity index (χ4n) is 1.94. The summed E-state index contributed by atoms with van der Waals surface area (Å²) in [5.74, 6) is -0.140. The average Bonchev–Trinajstić information content (AvgIpc) is 2.89. The van der Waals surface area contributed by atoms with Crippen molar-refractivity contribution >= 4 is 27.5 Å². The molecule has 2 aromatic rings. The van der Waals surface area contributed by atoms with E-state index in [0.717, 1.165) is 15.2 Å². The minimum atomic E-state index is -0.637. The first-order valence-corrected chi connectivity index (χ1v) is 7.23. The Kier molecular flexibility index (Phi) is 4.69. The highest BCUT2D eigenvalue weighted by Gasteiger charge is 2.24. The summed E-state index contributed by atoms with van der Waals surface area (Å²) in [6.07, 6.45) is 0. The summed E-state index contributed by atoms with van der Waals surface area (Å²) in [6.45, 7) is 2.17. The number of carbonyl (C=O) groups excluding carboxylic acids is 1. The highest BCUT2D eigenvalue weighted by atomic mass is 32.1. The Labute approximate surface area is 122 Å². The van der Waals surface area contributed by atoms with Gasteiger partial charge in [-0.05, 0) is 19.1 Å². The van der Waals surface area contributed by atoms with Gasteiger partial charge in [0, 0.05) is 14.2 Å². The van der Waals surface area contributed by atoms with Crippen molar-refractivity contribution in [3.05, 3.63) is 29.3 Å². The molecule has 1 aromatic heterocycles. The zero-order valence-electron chi connectivity index (χ0n) is 11.9. The number of rotatable bonds is 5. The molecule has 2 rings (SSSR count). The number of hydrogen-bond donors (Lipinski definition) is 1. The molecular weight excluding hydrogens is 274 g/mol. The van der Waals surface area contributed by atoms with Crippen molar-refractivity contribution in [2.24, 2.45) is 5.73 Å². The van der Waals surface area contributed by atoms with Crippen molar-refractivity contribution in [3.8, 4) is 0 Å². The van der Waals surface area contributed by atoms with Gasteiger partial charge in [-0.2, -0.15) is 0 Å². The fourth-order valence-corrected chi connectivity index (χ4v) is 3.00. The zero-order chi connectivity index (χ0) is 14.7. The van der Waals surface area contributed by atoms with Crippen molar-refractivity contribution in [1.29, 1.82) is 0 Å². The molecule has 20 heavy (non-hydrogen) atoms. The Morgan fingerprint density at radius 3 is 2.85 bits per heavy atom. The second kappa shape index (κ2) is 6.30. The predicted octanol–water partition coefficient (Wildman–Crippen LogP) is 1.79. The van der Waals surface area contributed by atoms with Gasteiger partial charge in [0.25, 0.3) is 0 Å². The molecule has 0 bridgehead atoms. The fraction of sp³-hybridized carbons (Fsp3) is 0.429. The van der Waals surface area contributed by atoms with Crippen LogP contribution in [0.3, 0.4) is 0 Å². The SMILES string of the molecule is COCC(N)C(=O)N(C)C(C)c1nc2ccccc2s1. The number of nitrogens with two attached hydrogens (primary N) is 1. The van der Waals surface area contributed by atoms with Crippen LogP contribution < -0.4 is 5.73 Å². The lowest BCUT2D eigenvalue weighted by molar-refractivity contribution is -0.134. The van der Waals surface area contributed by atoms with Crippen LogP contribution in [0.25, 0.3) is 10.2 Å². The number of aromatic nitrogens is 1. The van der Waals surface area contributed by atoms with Crippen LogP contribution in [-0.2, 0) is 9.53 Å². The molecule has 2 atom stereocenters. The molecule has 2 N–H and O–H groups in total. The lowest BCUT2D eigenvalue weighted by atomic mass is 10.2. The number of likely N-dealkylation sites (N-methyl/N-ethyl adjacent to an activating group) is 1. The summed E-state index contributed by atoms with van der Waals surface area (Å²) in [4.78, 5) is 18.4. The maximum absolute atomic E-state index is 12.2. The second-order valence-electron chi connectivity index (χ2n) is 4.71. The molecule has 5 nitrogen and oxygen atoms in total. The number of hydrogen-bond acceptors (Lipinski definition) is 5. The first kappa shape index (κ1) is 14.9. The van der Waals surface area contributed by atoms with E-state index >= 15 is 0 Å². The summed E-state index contributed by atoms with van der Waals surface area (Å²) in [5, 5.41) is 0.909. The van der Waals surface area contributed by atoms with E-state index in [2.05, 4.69) is 4.98 Å². The molecule has 0 aliphatic heterocycles. The van der Waals surface area contributed by atoms with Gasteiger partial charge in [0.1, 0.15) is 11.0 Å². The Morgan fingerprint density at radius 2 is 2.20 bits per heavy atom. The standard InChI is InChI=1S/C14H19N3O2S/c1-9(17(2)14(18)10(15)8-19-3)13-16-11-6-4-5-7-12(11)20-13/h4-7,9-10H,8,15H2,1-3H3. The minimum Gasteiger partial charge on any atom is -0.383 e. The number of ether oxygens (including phenoxy) is 1. The Balaban J connectivity index is 2.17. The van der Waals surface area contributed by atoms with Gasteiger partial charge in [0.05, 0.1) is 22.9 Å². The maximum atomic E-state index is 12.2. The molecule has 0 aliphatic rings. The first-order valence-electron chi connectivity index (χ1n) is 6.41. The average molecular weight is 293 g/mol. The predicted molar refractivity (Wildman–Crippen MR) is 80.7 cm³/mol. The number of carbonyl (C=O) groups is 1. The molecule has 0 saturated carbocycles. The van der Waals surface area contributed by atoms with Crippen LogP contribution in [0.4, 0.5) is 0 Å². The number of methoxy groups -OCH3 is 1. The van der Waals surface area contributed by atoms with Gasteiger partial charge in [-0.25, -0.2) is 4.98 Å². The molecule has 108 valence electrons. The molecule has 6 heteroatoms. The van der Waals surface area contributed by atoms with E-state index in [1.165, 1.54) is 7.11 Å². The second-order valence-corrected chi connectivity index (χ2v) is 5.77. The lowest BCUT2D eigenvalue weighted by Gasteiger charge is -2.25. The molecule has 0 fully saturated rings. The summed E-state index contributed by atoms with van der Waals surface area (Å²) < 4.78 is 6.04. The largest absolute Gasteiger partial charge is 0.383 e. The highest BCUT2D eigenvalue weighted by molar-refractivity contribution is 7.18. The van der Waals surface area contributed by atoms with Gasteiger partial charge in [-0.1, -0.05) is 12.1 Å². The minimum absolute atomic E-state index is 0.109. The van der Waals surface area contributed by atoms with Crippen LogP contribution in [-0.4, -0.2) is 42.6 Å². The molecule has 0 aliphatic carbocycles. The van der Waals surface area contributed by atoms with Crippen molar-refractivity contribution in [3.63, 3.8) is 0 Å². The number of para-hydroxylation sites is 1. The van der Waals surface area contributed by atoms with E-state index in [9.17, 15) is 4.79 Å². The van der Waals surface area contributed by atoms with E-state index in [4.69, 9.17) is 10.5 Å². The van der Waals surface area contributed by atoms with Gasteiger partial charge in [-0.3, -0.25) is 4.79 Å². The van der Waals surface area contributed by atoms with E-state index in [1.54, 1.807) is 23.3 Å². The Morgan fingerprint density at radius 1 is 1.50 bits per heavy atom. The zero-order valence-corrected chi connectivity index (χ0v) is 12.7. The van der Waals surface area contributed by atoms with Gasteiger partial charge >= 0.3 is 0 Å².